The van der Waals surface area contributed by atoms with Crippen LogP contribution in [0.1, 0.15) is 82.8 Å². The Hall–Kier alpha value is -5.71. The molecule has 5 N–H and O–H groups in total. The second kappa shape index (κ2) is 16.9. The number of aromatic amines is 1. The van der Waals surface area contributed by atoms with Crippen LogP contribution in [0.4, 0.5) is 5.82 Å². The number of fused-ring (bicyclic) bond motifs is 2. The molecule has 2 atom stereocenters. The number of carbonyl (C=O) groups is 6. The third-order valence-electron chi connectivity index (χ3n) is 12.2. The molecule has 0 radical (unpaired) electrons. The largest absolute Gasteiger partial charge is 0.356 e. The van der Waals surface area contributed by atoms with Gasteiger partial charge >= 0.3 is 0 Å². The van der Waals surface area contributed by atoms with Crippen LogP contribution in [0.5, 0.6) is 0 Å². The molecule has 0 saturated carbocycles. The number of carbonyl (C=O) groups excluding carboxylic acids is 6. The number of aryl methyl sites for hydroxylation is 1. The molecule has 6 heterocycles. The summed E-state index contributed by atoms with van der Waals surface area (Å²) in [6, 6.07) is 13.2. The van der Waals surface area contributed by atoms with E-state index in [1.165, 1.54) is 6.33 Å². The number of nitrogens with one attached hydrogen (secondary N) is 3. The van der Waals surface area contributed by atoms with Crippen LogP contribution in [0.15, 0.2) is 61.1 Å². The molecule has 59 heavy (non-hydrogen) atoms. The summed E-state index contributed by atoms with van der Waals surface area (Å²) in [4.78, 5) is 97.2. The van der Waals surface area contributed by atoms with Gasteiger partial charge in [0.2, 0.25) is 23.6 Å². The zero-order valence-corrected chi connectivity index (χ0v) is 33.4. The smallest absolute Gasteiger partial charge is 0.262 e. The fourth-order valence-corrected chi connectivity index (χ4v) is 8.81. The first-order chi connectivity index (χ1) is 28.5. The highest BCUT2D eigenvalue weighted by Gasteiger charge is 2.45. The van der Waals surface area contributed by atoms with E-state index in [2.05, 4.69) is 35.4 Å². The Kier molecular flexibility index (Phi) is 11.5. The maximum absolute atomic E-state index is 13.9. The lowest BCUT2D eigenvalue weighted by molar-refractivity contribution is -0.136. The number of aromatic nitrogens is 3. The lowest BCUT2D eigenvalue weighted by Gasteiger charge is -2.39. The van der Waals surface area contributed by atoms with E-state index in [9.17, 15) is 28.8 Å². The summed E-state index contributed by atoms with van der Waals surface area (Å²) in [6.07, 6.45) is 6.26. The predicted molar refractivity (Wildman–Crippen MR) is 218 cm³/mol. The number of nitrogens with two attached hydrogens (primary N) is 1. The number of amides is 6. The first-order valence-corrected chi connectivity index (χ1v) is 20.6. The third-order valence-corrected chi connectivity index (χ3v) is 12.4. The monoisotopic (exact) mass is 822 g/mol. The number of H-pyrrole nitrogens is 1. The first-order valence-electron chi connectivity index (χ1n) is 20.2. The molecule has 17 heteroatoms. The highest BCUT2D eigenvalue weighted by Crippen LogP contribution is 2.32. The van der Waals surface area contributed by atoms with E-state index in [4.69, 9.17) is 17.3 Å². The van der Waals surface area contributed by atoms with Gasteiger partial charge in [0.05, 0.1) is 28.1 Å². The number of rotatable bonds is 12. The highest BCUT2D eigenvalue weighted by atomic mass is 35.5. The van der Waals surface area contributed by atoms with E-state index in [0.29, 0.717) is 88.5 Å². The molecule has 2 aromatic heterocycles. The summed E-state index contributed by atoms with van der Waals surface area (Å²) in [5, 5.41) is 7.03. The Bertz CT molecular complexity index is 2280. The number of hydrogen-bond acceptors (Lipinski definition) is 11. The van der Waals surface area contributed by atoms with Crippen molar-refractivity contribution in [2.45, 2.75) is 69.0 Å². The van der Waals surface area contributed by atoms with Crippen LogP contribution in [0, 0.1) is 0 Å². The van der Waals surface area contributed by atoms with Crippen molar-refractivity contribution < 1.29 is 28.8 Å². The fourth-order valence-electron chi connectivity index (χ4n) is 8.69. The lowest BCUT2D eigenvalue weighted by atomic mass is 9.87. The summed E-state index contributed by atoms with van der Waals surface area (Å²) in [5.41, 5.74) is 8.63. The topological polar surface area (TPSA) is 207 Å². The third kappa shape index (κ3) is 8.29. The van der Waals surface area contributed by atoms with E-state index in [1.807, 2.05) is 41.4 Å². The van der Waals surface area contributed by atoms with Crippen molar-refractivity contribution in [1.82, 2.24) is 40.3 Å². The first kappa shape index (κ1) is 40.1. The quantitative estimate of drug-likeness (QED) is 0.153. The molecule has 308 valence electrons. The fraction of sp³-hybridized carbons (Fsp3) is 0.429. The van der Waals surface area contributed by atoms with E-state index < -0.39 is 35.2 Å². The minimum absolute atomic E-state index is 0.0209. The average Bonchev–Trinajstić information content (AvgIpc) is 3.82. The zero-order chi connectivity index (χ0) is 41.3. The Labute approximate surface area is 345 Å². The van der Waals surface area contributed by atoms with Crippen LogP contribution in [-0.4, -0.2) is 122 Å². The SMILES string of the molecule is NC1(C(=O)N[C@@H](CCN2CCN(C(=O)CCCc3cccc4c3C(=O)N(C3CCC(=O)NC3=O)C4=O)CC2)c2ccc(Cl)cc2)CCN(c2ncnc3[nH]ccc23)CC1. The van der Waals surface area contributed by atoms with Gasteiger partial charge in [-0.2, -0.15) is 0 Å². The Morgan fingerprint density at radius 1 is 0.949 bits per heavy atom. The molecule has 0 aliphatic carbocycles. The Morgan fingerprint density at radius 3 is 2.46 bits per heavy atom. The second-order valence-corrected chi connectivity index (χ2v) is 16.2. The molecule has 4 aliphatic heterocycles. The van der Waals surface area contributed by atoms with Crippen molar-refractivity contribution in [1.29, 1.82) is 0 Å². The van der Waals surface area contributed by atoms with Gasteiger partial charge in [0.1, 0.15) is 23.8 Å². The highest BCUT2D eigenvalue weighted by molar-refractivity contribution is 6.30. The van der Waals surface area contributed by atoms with Crippen molar-refractivity contribution >= 4 is 63.9 Å². The number of imide groups is 2. The maximum Gasteiger partial charge on any atom is 0.262 e. The number of anilines is 1. The van der Waals surface area contributed by atoms with Crippen LogP contribution in [0.2, 0.25) is 5.02 Å². The van der Waals surface area contributed by atoms with Gasteiger partial charge in [-0.15, -0.1) is 0 Å². The van der Waals surface area contributed by atoms with Crippen molar-refractivity contribution in [2.75, 3.05) is 50.7 Å². The number of nitrogens with zero attached hydrogens (tertiary/aromatic N) is 6. The molecule has 0 spiro atoms. The van der Waals surface area contributed by atoms with Gasteiger partial charge < -0.3 is 25.8 Å². The van der Waals surface area contributed by atoms with Crippen LogP contribution < -0.4 is 21.3 Å². The molecule has 6 amide bonds. The van der Waals surface area contributed by atoms with E-state index in [-0.39, 0.29) is 48.2 Å². The summed E-state index contributed by atoms with van der Waals surface area (Å²) in [5.74, 6) is -1.51. The minimum atomic E-state index is -1.04. The molecule has 3 saturated heterocycles. The molecule has 3 fully saturated rings. The summed E-state index contributed by atoms with van der Waals surface area (Å²) >= 11 is 6.22. The summed E-state index contributed by atoms with van der Waals surface area (Å²) in [7, 11) is 0. The normalized spacial score (nSPS) is 20.2. The molecule has 2 aromatic carbocycles. The molecular formula is C42H47ClN10O6. The molecule has 0 bridgehead atoms. The van der Waals surface area contributed by atoms with Crippen LogP contribution in [0.25, 0.3) is 11.0 Å². The predicted octanol–water partition coefficient (Wildman–Crippen LogP) is 2.72. The molecular weight excluding hydrogens is 776 g/mol. The summed E-state index contributed by atoms with van der Waals surface area (Å²) < 4.78 is 0. The van der Waals surface area contributed by atoms with Crippen molar-refractivity contribution in [2.24, 2.45) is 5.73 Å². The van der Waals surface area contributed by atoms with Gasteiger partial charge in [0, 0.05) is 69.9 Å². The van der Waals surface area contributed by atoms with Gasteiger partial charge in [-0.3, -0.25) is 43.9 Å². The zero-order valence-electron chi connectivity index (χ0n) is 32.6. The lowest BCUT2D eigenvalue weighted by Crippen LogP contribution is -2.60. The maximum atomic E-state index is 13.9. The molecule has 4 aromatic rings. The summed E-state index contributed by atoms with van der Waals surface area (Å²) in [6.45, 7) is 4.35. The number of piperazine rings is 1. The second-order valence-electron chi connectivity index (χ2n) is 15.8. The molecule has 8 rings (SSSR count). The minimum Gasteiger partial charge on any atom is -0.356 e. The van der Waals surface area contributed by atoms with Gasteiger partial charge in [0.15, 0.2) is 0 Å². The number of benzene rings is 2. The van der Waals surface area contributed by atoms with Crippen molar-refractivity contribution in [3.63, 3.8) is 0 Å². The molecule has 4 aliphatic rings. The Balaban J connectivity index is 0.819. The van der Waals surface area contributed by atoms with Crippen LogP contribution in [-0.2, 0) is 25.6 Å². The Morgan fingerprint density at radius 2 is 1.71 bits per heavy atom. The standard InChI is InChI=1S/C42H47ClN10O6/c43-28-9-7-26(8-10-28)31(48-41(59)42(44)15-19-52(20-16-42)37-30-13-17-45-36(30)46-25-47-37)14-18-50-21-23-51(24-22-50)34(55)6-2-4-27-3-1-5-29-35(27)40(58)53(39(29)57)32-11-12-33(54)49-38(32)56/h1,3,5,7-10,13,17,25,31-32H,2,4,6,11-12,14-16,18-24,44H2,(H,48,59)(H,45,46,47)(H,49,54,56)/t31-,32?/m0/s1. The van der Waals surface area contributed by atoms with Crippen molar-refractivity contribution in [3.8, 4) is 0 Å². The van der Waals surface area contributed by atoms with E-state index in [0.717, 1.165) is 27.3 Å². The number of hydrogen-bond donors (Lipinski definition) is 4. The van der Waals surface area contributed by atoms with Crippen LogP contribution >= 0.6 is 11.6 Å². The van der Waals surface area contributed by atoms with Gasteiger partial charge in [-0.1, -0.05) is 35.9 Å². The molecule has 16 nitrogen and oxygen atoms in total. The van der Waals surface area contributed by atoms with E-state index >= 15 is 0 Å². The molecule has 1 unspecified atom stereocenters. The van der Waals surface area contributed by atoms with Gasteiger partial charge in [-0.05, 0) is 73.9 Å². The van der Waals surface area contributed by atoms with Crippen LogP contribution in [0.3, 0.4) is 0 Å². The van der Waals surface area contributed by atoms with Gasteiger partial charge in [0.25, 0.3) is 11.8 Å². The number of halogens is 1. The number of piperidine rings is 2. The van der Waals surface area contributed by atoms with Crippen molar-refractivity contribution in [3.05, 3.63) is 88.3 Å². The average molecular weight is 823 g/mol. The van der Waals surface area contributed by atoms with Gasteiger partial charge in [-0.25, -0.2) is 9.97 Å². The van der Waals surface area contributed by atoms with E-state index in [1.54, 1.807) is 18.2 Å².